The predicted molar refractivity (Wildman–Crippen MR) is 94.3 cm³/mol. The molecule has 2 rings (SSSR count). The maximum Gasteiger partial charge on any atom is 0.421 e. The van der Waals surface area contributed by atoms with E-state index in [0.717, 1.165) is 0 Å². The van der Waals surface area contributed by atoms with E-state index in [2.05, 4.69) is 20.6 Å². The molecular weight excluding hydrogens is 384 g/mol. The SMILES string of the molecule is CCNc1nc(Nc2cc(OC)c(C=O)cc2OCCF)ncc1C(F)(F)F. The summed E-state index contributed by atoms with van der Waals surface area (Å²) in [5, 5.41) is 5.25. The van der Waals surface area contributed by atoms with Gasteiger partial charge in [-0.05, 0) is 13.0 Å². The molecule has 11 heteroatoms. The van der Waals surface area contributed by atoms with E-state index in [-0.39, 0.29) is 41.8 Å². The molecule has 0 aliphatic heterocycles. The van der Waals surface area contributed by atoms with Crippen molar-refractivity contribution in [3.8, 4) is 11.5 Å². The Hall–Kier alpha value is -3.11. The number of halogens is 4. The van der Waals surface area contributed by atoms with Crippen LogP contribution in [0.2, 0.25) is 0 Å². The van der Waals surface area contributed by atoms with Crippen molar-refractivity contribution >= 4 is 23.7 Å². The molecule has 0 aliphatic carbocycles. The summed E-state index contributed by atoms with van der Waals surface area (Å²) < 4.78 is 62.0. The van der Waals surface area contributed by atoms with Crippen LogP contribution < -0.4 is 20.1 Å². The molecule has 2 aromatic rings. The lowest BCUT2D eigenvalue weighted by Crippen LogP contribution is -2.14. The van der Waals surface area contributed by atoms with Crippen LogP contribution in [-0.4, -0.2) is 43.2 Å². The monoisotopic (exact) mass is 402 g/mol. The smallest absolute Gasteiger partial charge is 0.421 e. The zero-order chi connectivity index (χ0) is 20.7. The van der Waals surface area contributed by atoms with Crippen molar-refractivity contribution < 1.29 is 31.8 Å². The van der Waals surface area contributed by atoms with E-state index in [1.54, 1.807) is 6.92 Å². The molecule has 0 amide bonds. The van der Waals surface area contributed by atoms with Gasteiger partial charge in [0.1, 0.15) is 36.2 Å². The number of hydrogen-bond acceptors (Lipinski definition) is 7. The summed E-state index contributed by atoms with van der Waals surface area (Å²) in [5.41, 5.74) is -0.663. The second-order valence-electron chi connectivity index (χ2n) is 5.35. The summed E-state index contributed by atoms with van der Waals surface area (Å²) in [6.45, 7) is 0.784. The molecule has 0 spiro atoms. The second kappa shape index (κ2) is 9.20. The van der Waals surface area contributed by atoms with Gasteiger partial charge in [0.2, 0.25) is 5.95 Å². The Morgan fingerprint density at radius 3 is 2.57 bits per heavy atom. The number of nitrogens with zero attached hydrogens (tertiary/aromatic N) is 2. The number of hydrogen-bond donors (Lipinski definition) is 2. The fourth-order valence-electron chi connectivity index (χ4n) is 2.28. The third-order valence-corrected chi connectivity index (χ3v) is 3.48. The summed E-state index contributed by atoms with van der Waals surface area (Å²) >= 11 is 0. The zero-order valence-electron chi connectivity index (χ0n) is 15.1. The minimum Gasteiger partial charge on any atom is -0.496 e. The maximum absolute atomic E-state index is 13.1. The maximum atomic E-state index is 13.1. The van der Waals surface area contributed by atoms with Gasteiger partial charge >= 0.3 is 6.18 Å². The van der Waals surface area contributed by atoms with E-state index >= 15 is 0 Å². The van der Waals surface area contributed by atoms with Crippen LogP contribution in [0.3, 0.4) is 0 Å². The largest absolute Gasteiger partial charge is 0.496 e. The number of anilines is 3. The van der Waals surface area contributed by atoms with E-state index in [1.165, 1.54) is 19.2 Å². The third kappa shape index (κ3) is 4.99. The van der Waals surface area contributed by atoms with Gasteiger partial charge in [-0.1, -0.05) is 0 Å². The molecule has 1 aromatic heterocycles. The molecule has 2 N–H and O–H groups in total. The summed E-state index contributed by atoms with van der Waals surface area (Å²) in [6, 6.07) is 2.70. The quantitative estimate of drug-likeness (QED) is 0.487. The Labute approximate surface area is 158 Å². The van der Waals surface area contributed by atoms with Gasteiger partial charge in [-0.25, -0.2) is 9.37 Å². The normalized spacial score (nSPS) is 11.1. The average molecular weight is 402 g/mol. The Kier molecular flexibility index (Phi) is 6.96. The summed E-state index contributed by atoms with van der Waals surface area (Å²) in [5.74, 6) is -0.275. The van der Waals surface area contributed by atoms with E-state index in [9.17, 15) is 22.4 Å². The number of rotatable bonds is 9. The number of carbonyl (C=O) groups excluding carboxylic acids is 1. The topological polar surface area (TPSA) is 85.4 Å². The third-order valence-electron chi connectivity index (χ3n) is 3.48. The van der Waals surface area contributed by atoms with Crippen LogP contribution in [0.15, 0.2) is 18.3 Å². The predicted octanol–water partition coefficient (Wildman–Crippen LogP) is 3.84. The molecule has 28 heavy (non-hydrogen) atoms. The van der Waals surface area contributed by atoms with E-state index < -0.39 is 24.2 Å². The second-order valence-corrected chi connectivity index (χ2v) is 5.35. The molecular formula is C17H18F4N4O3. The van der Waals surface area contributed by atoms with Crippen LogP contribution in [0, 0.1) is 0 Å². The molecule has 1 heterocycles. The Morgan fingerprint density at radius 1 is 1.25 bits per heavy atom. The highest BCUT2D eigenvalue weighted by molar-refractivity contribution is 5.83. The summed E-state index contributed by atoms with van der Waals surface area (Å²) in [4.78, 5) is 18.7. The molecule has 0 aliphatic rings. The van der Waals surface area contributed by atoms with Crippen LogP contribution in [0.5, 0.6) is 11.5 Å². The number of aldehydes is 1. The van der Waals surface area contributed by atoms with Gasteiger partial charge in [0.15, 0.2) is 6.29 Å². The van der Waals surface area contributed by atoms with Gasteiger partial charge in [-0.15, -0.1) is 0 Å². The molecule has 0 saturated carbocycles. The summed E-state index contributed by atoms with van der Waals surface area (Å²) in [7, 11) is 1.34. The first-order chi connectivity index (χ1) is 13.3. The lowest BCUT2D eigenvalue weighted by atomic mass is 10.1. The molecule has 7 nitrogen and oxygen atoms in total. The van der Waals surface area contributed by atoms with E-state index in [1.807, 2.05) is 0 Å². The standard InChI is InChI=1S/C17H18F4N4O3/c1-3-22-15-11(17(19,20)21)8-23-16(25-15)24-12-7-13(27-2)10(9-26)6-14(12)28-5-4-18/h6-9H,3-5H2,1-2H3,(H2,22,23,24,25). The number of aromatic nitrogens is 2. The van der Waals surface area contributed by atoms with Gasteiger partial charge in [-0.2, -0.15) is 18.2 Å². The van der Waals surface area contributed by atoms with Crippen molar-refractivity contribution in [1.82, 2.24) is 9.97 Å². The molecule has 0 saturated heterocycles. The van der Waals surface area contributed by atoms with Crippen molar-refractivity contribution in [1.29, 1.82) is 0 Å². The van der Waals surface area contributed by atoms with E-state index in [4.69, 9.17) is 9.47 Å². The van der Waals surface area contributed by atoms with Crippen molar-refractivity contribution in [2.75, 3.05) is 37.6 Å². The first kappa shape index (κ1) is 21.2. The number of ether oxygens (including phenoxy) is 2. The minimum atomic E-state index is -4.62. The number of benzene rings is 1. The number of alkyl halides is 4. The van der Waals surface area contributed by atoms with Crippen molar-refractivity contribution in [2.45, 2.75) is 13.1 Å². The Balaban J connectivity index is 2.45. The van der Waals surface area contributed by atoms with Crippen LogP contribution >= 0.6 is 0 Å². The van der Waals surface area contributed by atoms with Gasteiger partial charge in [0.25, 0.3) is 0 Å². The fraction of sp³-hybridized carbons (Fsp3) is 0.353. The lowest BCUT2D eigenvalue weighted by Gasteiger charge is -2.16. The van der Waals surface area contributed by atoms with Crippen LogP contribution in [0.4, 0.5) is 35.0 Å². The van der Waals surface area contributed by atoms with Crippen LogP contribution in [0.1, 0.15) is 22.8 Å². The van der Waals surface area contributed by atoms with Crippen LogP contribution in [-0.2, 0) is 6.18 Å². The first-order valence-corrected chi connectivity index (χ1v) is 8.15. The number of carbonyl (C=O) groups is 1. The van der Waals surface area contributed by atoms with Gasteiger partial charge in [0, 0.05) is 18.8 Å². The van der Waals surface area contributed by atoms with Crippen molar-refractivity contribution in [3.63, 3.8) is 0 Å². The first-order valence-electron chi connectivity index (χ1n) is 8.15. The van der Waals surface area contributed by atoms with Gasteiger partial charge in [0.05, 0.1) is 18.4 Å². The highest BCUT2D eigenvalue weighted by Gasteiger charge is 2.35. The number of methoxy groups -OCH3 is 1. The van der Waals surface area contributed by atoms with E-state index in [0.29, 0.717) is 12.5 Å². The molecule has 0 unspecified atom stereocenters. The van der Waals surface area contributed by atoms with Crippen LogP contribution in [0.25, 0.3) is 0 Å². The van der Waals surface area contributed by atoms with Crippen molar-refractivity contribution in [2.24, 2.45) is 0 Å². The zero-order valence-corrected chi connectivity index (χ0v) is 15.1. The van der Waals surface area contributed by atoms with Gasteiger partial charge in [-0.3, -0.25) is 4.79 Å². The van der Waals surface area contributed by atoms with Gasteiger partial charge < -0.3 is 20.1 Å². The highest BCUT2D eigenvalue weighted by atomic mass is 19.4. The fourth-order valence-corrected chi connectivity index (χ4v) is 2.28. The molecule has 0 radical (unpaired) electrons. The molecule has 0 atom stereocenters. The molecule has 0 bridgehead atoms. The van der Waals surface area contributed by atoms with Crippen molar-refractivity contribution in [3.05, 3.63) is 29.5 Å². The Morgan fingerprint density at radius 2 is 2.00 bits per heavy atom. The molecule has 0 fully saturated rings. The Bertz CT molecular complexity index is 831. The summed E-state index contributed by atoms with van der Waals surface area (Å²) in [6.07, 6.45) is -3.45. The minimum absolute atomic E-state index is 0.0917. The highest BCUT2D eigenvalue weighted by Crippen LogP contribution is 2.36. The lowest BCUT2D eigenvalue weighted by molar-refractivity contribution is -0.137. The average Bonchev–Trinajstić information content (AvgIpc) is 2.66. The molecule has 1 aromatic carbocycles. The molecule has 152 valence electrons. The number of nitrogens with one attached hydrogen (secondary N) is 2.